The zero-order chi connectivity index (χ0) is 27.1. The van der Waals surface area contributed by atoms with E-state index in [2.05, 4.69) is 15.8 Å². The van der Waals surface area contributed by atoms with Crippen molar-refractivity contribution >= 4 is 46.4 Å². The lowest BCUT2D eigenvalue weighted by atomic mass is 9.66. The number of benzene rings is 1. The van der Waals surface area contributed by atoms with Gasteiger partial charge in [0, 0.05) is 20.1 Å². The van der Waals surface area contributed by atoms with Gasteiger partial charge in [-0.25, -0.2) is 18.9 Å². The third kappa shape index (κ3) is 3.19. The summed E-state index contributed by atoms with van der Waals surface area (Å²) in [5.41, 5.74) is -1.49. The van der Waals surface area contributed by atoms with Crippen molar-refractivity contribution in [3.63, 3.8) is 0 Å². The maximum Gasteiger partial charge on any atom is 0.416 e. The minimum atomic E-state index is -1.78. The predicted octanol–water partition coefficient (Wildman–Crippen LogP) is 1.22. The highest BCUT2D eigenvalue weighted by Gasteiger charge is 2.63. The summed E-state index contributed by atoms with van der Waals surface area (Å²) in [6, 6.07) is -0.805. The largest absolute Gasteiger partial charge is 0.447 e. The van der Waals surface area contributed by atoms with Gasteiger partial charge in [0.1, 0.15) is 12.6 Å². The monoisotopic (exact) mass is 531 g/mol. The molecule has 1 aromatic carbocycles. The van der Waals surface area contributed by atoms with Crippen molar-refractivity contribution in [1.29, 1.82) is 0 Å². The van der Waals surface area contributed by atoms with E-state index in [0.29, 0.717) is 5.56 Å². The molecule has 2 aromatic rings. The fourth-order valence-corrected chi connectivity index (χ4v) is 6.29. The van der Waals surface area contributed by atoms with Crippen molar-refractivity contribution in [3.05, 3.63) is 17.4 Å². The van der Waals surface area contributed by atoms with E-state index in [1.165, 1.54) is 12.0 Å². The van der Waals surface area contributed by atoms with Crippen molar-refractivity contribution in [1.82, 2.24) is 15.8 Å². The number of hydrogen-bond donors (Lipinski definition) is 2. The second kappa shape index (κ2) is 8.36. The number of ether oxygens (including phenoxy) is 3. The van der Waals surface area contributed by atoms with Crippen molar-refractivity contribution in [2.45, 2.75) is 57.6 Å². The van der Waals surface area contributed by atoms with Gasteiger partial charge in [-0.05, 0) is 32.4 Å². The normalized spacial score (nSPS) is 29.2. The molecule has 4 aliphatic heterocycles. The molecule has 202 valence electrons. The summed E-state index contributed by atoms with van der Waals surface area (Å²) in [4.78, 5) is 54.2. The summed E-state index contributed by atoms with van der Waals surface area (Å²) in [5.74, 6) is -2.29. The smallest absolute Gasteiger partial charge is 0.416 e. The van der Waals surface area contributed by atoms with Crippen LogP contribution in [0.25, 0.3) is 11.0 Å². The van der Waals surface area contributed by atoms with Crippen molar-refractivity contribution < 1.29 is 42.3 Å². The Bertz CT molecular complexity index is 1370. The Labute approximate surface area is 215 Å². The zero-order valence-corrected chi connectivity index (χ0v) is 21.1. The SMILES string of the molecule is CO[C@@H](C)[C@H]1COC(=O)N1c1noc2c(F)c3c(cc12)CC1(C(=O)NC(=O)NC1=O)[C@H]1[C@H](C)O[C@H](C)CN31. The van der Waals surface area contributed by atoms with Gasteiger partial charge in [-0.3, -0.25) is 20.2 Å². The van der Waals surface area contributed by atoms with E-state index in [9.17, 15) is 19.2 Å². The average Bonchev–Trinajstić information content (AvgIpc) is 3.44. The highest BCUT2D eigenvalue weighted by Crippen LogP contribution is 2.50. The first-order valence-corrected chi connectivity index (χ1v) is 12.3. The first-order valence-electron chi connectivity index (χ1n) is 12.3. The van der Waals surface area contributed by atoms with Crippen LogP contribution in [-0.2, 0) is 30.2 Å². The van der Waals surface area contributed by atoms with E-state index >= 15 is 4.39 Å². The van der Waals surface area contributed by atoms with Crippen LogP contribution in [0.4, 0.5) is 25.5 Å². The van der Waals surface area contributed by atoms with E-state index in [0.717, 1.165) is 0 Å². The second-order valence-corrected chi connectivity index (χ2v) is 10.2. The molecule has 0 bridgehead atoms. The third-order valence-corrected chi connectivity index (χ3v) is 7.99. The highest BCUT2D eigenvalue weighted by atomic mass is 19.1. The molecule has 13 nitrogen and oxygen atoms in total. The summed E-state index contributed by atoms with van der Waals surface area (Å²) in [6.07, 6.45) is -2.35. The molecule has 0 aliphatic carbocycles. The lowest BCUT2D eigenvalue weighted by Crippen LogP contribution is -2.75. The Morgan fingerprint density at radius 3 is 2.61 bits per heavy atom. The molecular formula is C24H26FN5O8. The van der Waals surface area contributed by atoms with Crippen LogP contribution in [0.3, 0.4) is 0 Å². The average molecular weight is 531 g/mol. The van der Waals surface area contributed by atoms with Crippen LogP contribution in [0.5, 0.6) is 0 Å². The quantitative estimate of drug-likeness (QED) is 0.553. The summed E-state index contributed by atoms with van der Waals surface area (Å²) >= 11 is 0. The van der Waals surface area contributed by atoms with E-state index in [-0.39, 0.29) is 48.2 Å². The van der Waals surface area contributed by atoms with Gasteiger partial charge in [0.15, 0.2) is 17.1 Å². The zero-order valence-electron chi connectivity index (χ0n) is 21.1. The first kappa shape index (κ1) is 24.6. The van der Waals surface area contributed by atoms with Gasteiger partial charge < -0.3 is 23.6 Å². The Hall–Kier alpha value is -3.78. The van der Waals surface area contributed by atoms with Crippen LogP contribution in [0, 0.1) is 11.2 Å². The van der Waals surface area contributed by atoms with Crippen molar-refractivity contribution in [2.24, 2.45) is 5.41 Å². The predicted molar refractivity (Wildman–Crippen MR) is 127 cm³/mol. The molecule has 5 heterocycles. The van der Waals surface area contributed by atoms with E-state index < -0.39 is 59.5 Å². The molecule has 5 atom stereocenters. The van der Waals surface area contributed by atoms with Gasteiger partial charge in [0.25, 0.3) is 0 Å². The number of anilines is 2. The number of morpholine rings is 1. The number of hydrogen-bond acceptors (Lipinski definition) is 10. The lowest BCUT2D eigenvalue weighted by Gasteiger charge is -2.55. The molecule has 0 saturated carbocycles. The van der Waals surface area contributed by atoms with E-state index in [1.807, 2.05) is 0 Å². The van der Waals surface area contributed by atoms with Crippen LogP contribution in [0.2, 0.25) is 0 Å². The molecule has 1 aromatic heterocycles. The molecule has 0 unspecified atom stereocenters. The number of nitrogens with one attached hydrogen (secondary N) is 2. The summed E-state index contributed by atoms with van der Waals surface area (Å²) in [7, 11) is 1.49. The van der Waals surface area contributed by atoms with Crippen LogP contribution >= 0.6 is 0 Å². The highest BCUT2D eigenvalue weighted by molar-refractivity contribution is 6.20. The number of imide groups is 2. The molecule has 38 heavy (non-hydrogen) atoms. The molecule has 1 spiro atoms. The van der Waals surface area contributed by atoms with Crippen molar-refractivity contribution in [3.8, 4) is 0 Å². The Balaban J connectivity index is 1.55. The molecule has 3 fully saturated rings. The number of rotatable bonds is 3. The molecule has 2 N–H and O–H groups in total. The molecule has 6 rings (SSSR count). The van der Waals surface area contributed by atoms with Gasteiger partial charge >= 0.3 is 12.1 Å². The lowest BCUT2D eigenvalue weighted by molar-refractivity contribution is -0.153. The fraction of sp³-hybridized carbons (Fsp3) is 0.542. The van der Waals surface area contributed by atoms with Gasteiger partial charge in [0.05, 0.1) is 35.4 Å². The molecule has 4 aliphatic rings. The molecular weight excluding hydrogens is 505 g/mol. The maximum atomic E-state index is 16.3. The Morgan fingerprint density at radius 2 is 1.92 bits per heavy atom. The number of carbonyl (C=O) groups is 4. The van der Waals surface area contributed by atoms with Crippen LogP contribution < -0.4 is 20.4 Å². The number of halogens is 1. The molecule has 5 amide bonds. The van der Waals surface area contributed by atoms with Gasteiger partial charge in [0.2, 0.25) is 17.4 Å². The van der Waals surface area contributed by atoms with E-state index in [4.69, 9.17) is 18.7 Å². The number of barbiturate groups is 1. The third-order valence-electron chi connectivity index (χ3n) is 7.99. The van der Waals surface area contributed by atoms with Gasteiger partial charge in [-0.1, -0.05) is 5.16 Å². The van der Waals surface area contributed by atoms with Crippen LogP contribution in [0.15, 0.2) is 10.6 Å². The number of urea groups is 1. The maximum absolute atomic E-state index is 16.3. The number of amides is 5. The summed E-state index contributed by atoms with van der Waals surface area (Å²) < 4.78 is 38.3. The molecule has 3 saturated heterocycles. The van der Waals surface area contributed by atoms with Gasteiger partial charge in [-0.15, -0.1) is 0 Å². The van der Waals surface area contributed by atoms with Gasteiger partial charge in [-0.2, -0.15) is 0 Å². The molecule has 0 radical (unpaired) electrons. The fourth-order valence-electron chi connectivity index (χ4n) is 6.29. The number of carbonyl (C=O) groups excluding carboxylic acids is 4. The molecule has 14 heteroatoms. The second-order valence-electron chi connectivity index (χ2n) is 10.2. The van der Waals surface area contributed by atoms with Crippen molar-refractivity contribution in [2.75, 3.05) is 30.1 Å². The van der Waals surface area contributed by atoms with Crippen LogP contribution in [-0.4, -0.2) is 79.8 Å². The summed E-state index contributed by atoms with van der Waals surface area (Å²) in [5, 5.41) is 8.58. The number of nitrogens with zero attached hydrogens (tertiary/aromatic N) is 3. The number of methoxy groups -OCH3 is 1. The number of fused-ring (bicyclic) bond motifs is 5. The summed E-state index contributed by atoms with van der Waals surface area (Å²) in [6.45, 7) is 5.48. The Kier molecular flexibility index (Phi) is 5.40. The Morgan fingerprint density at radius 1 is 1.21 bits per heavy atom. The van der Waals surface area contributed by atoms with E-state index in [1.54, 1.807) is 31.7 Å². The minimum absolute atomic E-state index is 0.0331. The minimum Gasteiger partial charge on any atom is -0.447 e. The number of cyclic esters (lactones) is 1. The van der Waals surface area contributed by atoms with Crippen LogP contribution in [0.1, 0.15) is 26.3 Å². The topological polar surface area (TPSA) is 153 Å². The number of aromatic nitrogens is 1. The standard InChI is InChI=1S/C24H26FN5O8/c1-9-7-29-16-12(6-24(18(29)11(3)37-9)20(31)26-22(33)27-21(24)32)5-13-17(15(16)25)38-28-19(13)30-14(10(2)35-4)8-36-23(30)34/h5,9-11,14,18H,6-8H2,1-4H3,(H2,26,27,31,32,33)/t9-,10+,11+,14-,18-/m1/s1. The first-order chi connectivity index (χ1) is 18.1.